The van der Waals surface area contributed by atoms with Gasteiger partial charge in [-0.05, 0) is 18.6 Å². The van der Waals surface area contributed by atoms with Crippen molar-refractivity contribution in [3.05, 3.63) is 24.5 Å². The lowest BCUT2D eigenvalue weighted by Crippen LogP contribution is -2.52. The average Bonchev–Trinajstić information content (AvgIpc) is 2.34. The maximum atomic E-state index is 11.9. The molecule has 1 aromatic rings. The molecule has 96 valence electrons. The first-order chi connectivity index (χ1) is 8.49. The van der Waals surface area contributed by atoms with Crippen molar-refractivity contribution in [3.8, 4) is 0 Å². The van der Waals surface area contributed by atoms with Crippen LogP contribution < -0.4 is 10.0 Å². The maximum Gasteiger partial charge on any atom is 0.244 e. The van der Waals surface area contributed by atoms with Crippen molar-refractivity contribution in [2.45, 2.75) is 23.8 Å². The molecule has 1 saturated heterocycles. The number of hydrogen-bond donors (Lipinski definition) is 2. The van der Waals surface area contributed by atoms with E-state index in [0.29, 0.717) is 0 Å². The SMILES string of the molecule is O=C1CCC(NS(=O)(=O)c2cccnc2)C(=O)N1. The van der Waals surface area contributed by atoms with Crippen molar-refractivity contribution in [1.29, 1.82) is 0 Å². The number of sulfonamides is 1. The average molecular weight is 269 g/mol. The molecule has 1 atom stereocenters. The van der Waals surface area contributed by atoms with Gasteiger partial charge in [-0.3, -0.25) is 19.9 Å². The third-order valence-corrected chi connectivity index (χ3v) is 3.94. The Morgan fingerprint density at radius 3 is 2.78 bits per heavy atom. The van der Waals surface area contributed by atoms with Crippen LogP contribution in [0, 0.1) is 0 Å². The topological polar surface area (TPSA) is 105 Å². The number of rotatable bonds is 3. The number of carbonyl (C=O) groups is 2. The first kappa shape index (κ1) is 12.7. The van der Waals surface area contributed by atoms with Gasteiger partial charge in [0.1, 0.15) is 10.9 Å². The van der Waals surface area contributed by atoms with Crippen LogP contribution in [0.1, 0.15) is 12.8 Å². The highest BCUT2D eigenvalue weighted by atomic mass is 32.2. The summed E-state index contributed by atoms with van der Waals surface area (Å²) in [6.07, 6.45) is 2.91. The van der Waals surface area contributed by atoms with Crippen molar-refractivity contribution in [2.24, 2.45) is 0 Å². The van der Waals surface area contributed by atoms with E-state index in [4.69, 9.17) is 0 Å². The molecule has 18 heavy (non-hydrogen) atoms. The lowest BCUT2D eigenvalue weighted by molar-refractivity contribution is -0.134. The number of carbonyl (C=O) groups excluding carboxylic acids is 2. The number of amides is 2. The van der Waals surface area contributed by atoms with Gasteiger partial charge in [0, 0.05) is 18.8 Å². The second kappa shape index (κ2) is 4.83. The van der Waals surface area contributed by atoms with Gasteiger partial charge >= 0.3 is 0 Å². The minimum atomic E-state index is -3.79. The predicted octanol–water partition coefficient (Wildman–Crippen LogP) is -0.835. The van der Waals surface area contributed by atoms with Crippen LogP contribution in [0.15, 0.2) is 29.4 Å². The molecular weight excluding hydrogens is 258 g/mol. The van der Waals surface area contributed by atoms with Crippen molar-refractivity contribution in [2.75, 3.05) is 0 Å². The molecule has 1 aliphatic rings. The largest absolute Gasteiger partial charge is 0.295 e. The van der Waals surface area contributed by atoms with Gasteiger partial charge in [0.05, 0.1) is 0 Å². The van der Waals surface area contributed by atoms with Crippen LogP contribution >= 0.6 is 0 Å². The normalized spacial score (nSPS) is 20.6. The van der Waals surface area contributed by atoms with E-state index in [1.54, 1.807) is 0 Å². The molecule has 1 unspecified atom stereocenters. The fourth-order valence-corrected chi connectivity index (χ4v) is 2.76. The first-order valence-corrected chi connectivity index (χ1v) is 6.73. The smallest absolute Gasteiger partial charge is 0.244 e. The number of aromatic nitrogens is 1. The van der Waals surface area contributed by atoms with Crippen molar-refractivity contribution < 1.29 is 18.0 Å². The summed E-state index contributed by atoms with van der Waals surface area (Å²) in [5.41, 5.74) is 0. The Morgan fingerprint density at radius 2 is 2.17 bits per heavy atom. The Hall–Kier alpha value is -1.80. The van der Waals surface area contributed by atoms with E-state index in [2.05, 4.69) is 15.0 Å². The lowest BCUT2D eigenvalue weighted by Gasteiger charge is -2.21. The summed E-state index contributed by atoms with van der Waals surface area (Å²) in [5.74, 6) is -1.02. The highest BCUT2D eigenvalue weighted by Crippen LogP contribution is 2.10. The van der Waals surface area contributed by atoms with Crippen LogP contribution in [-0.4, -0.2) is 31.3 Å². The summed E-state index contributed by atoms with van der Waals surface area (Å²) in [4.78, 5) is 26.1. The lowest BCUT2D eigenvalue weighted by atomic mass is 10.1. The number of piperidine rings is 1. The molecule has 2 rings (SSSR count). The van der Waals surface area contributed by atoms with Crippen LogP contribution in [0.5, 0.6) is 0 Å². The minimum Gasteiger partial charge on any atom is -0.295 e. The zero-order chi connectivity index (χ0) is 13.2. The summed E-state index contributed by atoms with van der Waals surface area (Å²) in [6, 6.07) is 1.94. The number of nitrogens with zero attached hydrogens (tertiary/aromatic N) is 1. The van der Waals surface area contributed by atoms with E-state index in [1.165, 1.54) is 24.5 Å². The first-order valence-electron chi connectivity index (χ1n) is 5.25. The third kappa shape index (κ3) is 2.71. The summed E-state index contributed by atoms with van der Waals surface area (Å²) >= 11 is 0. The molecule has 0 saturated carbocycles. The molecule has 0 radical (unpaired) electrons. The van der Waals surface area contributed by atoms with Crippen molar-refractivity contribution >= 4 is 21.8 Å². The highest BCUT2D eigenvalue weighted by molar-refractivity contribution is 7.89. The molecule has 0 bridgehead atoms. The number of hydrogen-bond acceptors (Lipinski definition) is 5. The zero-order valence-corrected chi connectivity index (χ0v) is 10.1. The fraction of sp³-hybridized carbons (Fsp3) is 0.300. The molecule has 7 nitrogen and oxygen atoms in total. The van der Waals surface area contributed by atoms with Gasteiger partial charge in [-0.1, -0.05) is 0 Å². The van der Waals surface area contributed by atoms with Gasteiger partial charge in [0.25, 0.3) is 0 Å². The van der Waals surface area contributed by atoms with Gasteiger partial charge < -0.3 is 0 Å². The van der Waals surface area contributed by atoms with Crippen LogP contribution in [0.4, 0.5) is 0 Å². The summed E-state index contributed by atoms with van der Waals surface area (Å²) in [5, 5.41) is 2.08. The van der Waals surface area contributed by atoms with Crippen LogP contribution in [-0.2, 0) is 19.6 Å². The molecule has 1 aliphatic heterocycles. The number of imide groups is 1. The number of pyridine rings is 1. The van der Waals surface area contributed by atoms with Gasteiger partial charge in [0.2, 0.25) is 21.8 Å². The summed E-state index contributed by atoms with van der Waals surface area (Å²) in [6.45, 7) is 0. The quantitative estimate of drug-likeness (QED) is 0.696. The third-order valence-electron chi connectivity index (χ3n) is 2.48. The minimum absolute atomic E-state index is 0.0188. The molecule has 0 aliphatic carbocycles. The fourth-order valence-electron chi connectivity index (χ4n) is 1.57. The Kier molecular flexibility index (Phi) is 3.39. The van der Waals surface area contributed by atoms with E-state index in [0.717, 1.165) is 0 Å². The van der Waals surface area contributed by atoms with E-state index in [-0.39, 0.29) is 17.7 Å². The Morgan fingerprint density at radius 1 is 1.39 bits per heavy atom. The van der Waals surface area contributed by atoms with Gasteiger partial charge in [-0.15, -0.1) is 0 Å². The van der Waals surface area contributed by atoms with E-state index in [1.807, 2.05) is 0 Å². The molecule has 2 heterocycles. The van der Waals surface area contributed by atoms with Crippen LogP contribution in [0.25, 0.3) is 0 Å². The maximum absolute atomic E-state index is 11.9. The molecule has 8 heteroatoms. The molecule has 1 fully saturated rings. The van der Waals surface area contributed by atoms with E-state index >= 15 is 0 Å². The second-order valence-corrected chi connectivity index (χ2v) is 5.53. The molecule has 0 spiro atoms. The molecule has 0 aromatic carbocycles. The molecule has 2 amide bonds. The standard InChI is InChI=1S/C10H11N3O4S/c14-9-4-3-8(10(15)12-9)13-18(16,17)7-2-1-5-11-6-7/h1-2,5-6,8,13H,3-4H2,(H,12,14,15). The Labute approximate surface area is 104 Å². The van der Waals surface area contributed by atoms with E-state index < -0.39 is 27.9 Å². The summed E-state index contributed by atoms with van der Waals surface area (Å²) in [7, 11) is -3.79. The second-order valence-electron chi connectivity index (χ2n) is 3.81. The summed E-state index contributed by atoms with van der Waals surface area (Å²) < 4.78 is 26.1. The highest BCUT2D eigenvalue weighted by Gasteiger charge is 2.30. The Balaban J connectivity index is 2.14. The molecular formula is C10H11N3O4S. The van der Waals surface area contributed by atoms with Crippen molar-refractivity contribution in [1.82, 2.24) is 15.0 Å². The van der Waals surface area contributed by atoms with Crippen LogP contribution in [0.2, 0.25) is 0 Å². The molecule has 1 aromatic heterocycles. The molecule has 2 N–H and O–H groups in total. The van der Waals surface area contributed by atoms with Crippen LogP contribution in [0.3, 0.4) is 0 Å². The van der Waals surface area contributed by atoms with Crippen molar-refractivity contribution in [3.63, 3.8) is 0 Å². The number of nitrogens with one attached hydrogen (secondary N) is 2. The zero-order valence-electron chi connectivity index (χ0n) is 9.29. The predicted molar refractivity (Wildman–Crippen MR) is 60.7 cm³/mol. The Bertz CT molecular complexity index is 570. The van der Waals surface area contributed by atoms with Gasteiger partial charge in [-0.2, -0.15) is 4.72 Å². The monoisotopic (exact) mass is 269 g/mol. The van der Waals surface area contributed by atoms with E-state index in [9.17, 15) is 18.0 Å². The van der Waals surface area contributed by atoms with Gasteiger partial charge in [0.15, 0.2) is 0 Å². The van der Waals surface area contributed by atoms with Gasteiger partial charge in [-0.25, -0.2) is 8.42 Å².